The number of aromatic nitrogens is 1. The van der Waals surface area contributed by atoms with Crippen molar-refractivity contribution in [2.75, 3.05) is 32.1 Å². The molecule has 3 aromatic rings. The second kappa shape index (κ2) is 7.36. The molecular formula is C26H28FN3O2. The van der Waals surface area contributed by atoms with E-state index >= 15 is 0 Å². The Bertz CT molecular complexity index is 1150. The summed E-state index contributed by atoms with van der Waals surface area (Å²) < 4.78 is 28.4. The summed E-state index contributed by atoms with van der Waals surface area (Å²) in [5.41, 5.74) is 3.83. The molecule has 5 nitrogen and oxygen atoms in total. The van der Waals surface area contributed by atoms with Crippen LogP contribution in [0.2, 0.25) is 0 Å². The monoisotopic (exact) mass is 433 g/mol. The van der Waals surface area contributed by atoms with E-state index in [9.17, 15) is 4.39 Å². The number of likely N-dealkylation sites (tertiary alicyclic amines) is 1. The lowest BCUT2D eigenvalue weighted by molar-refractivity contribution is -0.0453. The van der Waals surface area contributed by atoms with E-state index < -0.39 is 0 Å². The molecule has 6 rings (SSSR count). The van der Waals surface area contributed by atoms with Gasteiger partial charge in [-0.1, -0.05) is 18.2 Å². The Morgan fingerprint density at radius 2 is 1.94 bits per heavy atom. The molecule has 0 bridgehead atoms. The Labute approximate surface area is 187 Å². The van der Waals surface area contributed by atoms with Gasteiger partial charge < -0.3 is 19.4 Å². The molecule has 32 heavy (non-hydrogen) atoms. The van der Waals surface area contributed by atoms with Crippen LogP contribution in [-0.4, -0.2) is 41.9 Å². The lowest BCUT2D eigenvalue weighted by Gasteiger charge is -2.41. The first-order valence-corrected chi connectivity index (χ1v) is 11.3. The van der Waals surface area contributed by atoms with Crippen LogP contribution in [0.3, 0.4) is 0 Å². The third-order valence-electron chi connectivity index (χ3n) is 7.44. The minimum Gasteiger partial charge on any atom is -0.497 e. The SMILES string of the molecule is COc1ccc2c(c1)NC1(COC3(CCN(Cc4ccccc4F)CC3)C1)c1cccn1-2. The Morgan fingerprint density at radius 1 is 1.09 bits per heavy atom. The molecule has 4 heterocycles. The maximum atomic E-state index is 14.1. The van der Waals surface area contributed by atoms with Gasteiger partial charge in [0.1, 0.15) is 17.1 Å². The van der Waals surface area contributed by atoms with Crippen molar-refractivity contribution in [3.8, 4) is 11.4 Å². The molecular weight excluding hydrogens is 405 g/mol. The topological polar surface area (TPSA) is 38.7 Å². The predicted molar refractivity (Wildman–Crippen MR) is 122 cm³/mol. The van der Waals surface area contributed by atoms with Gasteiger partial charge >= 0.3 is 0 Å². The predicted octanol–water partition coefficient (Wildman–Crippen LogP) is 4.70. The summed E-state index contributed by atoms with van der Waals surface area (Å²) in [4.78, 5) is 2.34. The summed E-state index contributed by atoms with van der Waals surface area (Å²) in [6.45, 7) is 3.12. The average Bonchev–Trinajstić information content (AvgIpc) is 3.44. The number of nitrogens with one attached hydrogen (secondary N) is 1. The molecule has 6 heteroatoms. The van der Waals surface area contributed by atoms with Crippen LogP contribution in [0.1, 0.15) is 30.5 Å². The van der Waals surface area contributed by atoms with Crippen molar-refractivity contribution in [1.29, 1.82) is 0 Å². The van der Waals surface area contributed by atoms with Gasteiger partial charge in [-0.05, 0) is 43.2 Å². The van der Waals surface area contributed by atoms with Crippen LogP contribution in [0.4, 0.5) is 10.1 Å². The Hall–Kier alpha value is -2.83. The van der Waals surface area contributed by atoms with Crippen LogP contribution < -0.4 is 10.1 Å². The van der Waals surface area contributed by atoms with E-state index in [1.54, 1.807) is 19.2 Å². The van der Waals surface area contributed by atoms with Crippen molar-refractivity contribution in [1.82, 2.24) is 9.47 Å². The first-order chi connectivity index (χ1) is 15.6. The second-order valence-electron chi connectivity index (χ2n) is 9.37. The second-order valence-corrected chi connectivity index (χ2v) is 9.37. The van der Waals surface area contributed by atoms with Crippen molar-refractivity contribution in [3.05, 3.63) is 77.9 Å². The minimum absolute atomic E-state index is 0.120. The molecule has 0 saturated carbocycles. The van der Waals surface area contributed by atoms with Gasteiger partial charge in [0.25, 0.3) is 0 Å². The molecule has 2 aromatic carbocycles. The van der Waals surface area contributed by atoms with Crippen molar-refractivity contribution >= 4 is 5.69 Å². The molecule has 2 saturated heterocycles. The fourth-order valence-corrected chi connectivity index (χ4v) is 5.74. The van der Waals surface area contributed by atoms with Crippen molar-refractivity contribution in [3.63, 3.8) is 0 Å². The van der Waals surface area contributed by atoms with Gasteiger partial charge in [-0.15, -0.1) is 0 Å². The first-order valence-electron chi connectivity index (χ1n) is 11.3. The highest BCUT2D eigenvalue weighted by Gasteiger charge is 2.53. The van der Waals surface area contributed by atoms with E-state index in [1.807, 2.05) is 18.2 Å². The summed E-state index contributed by atoms with van der Waals surface area (Å²) >= 11 is 0. The Balaban J connectivity index is 1.22. The zero-order valence-electron chi connectivity index (χ0n) is 18.3. The molecule has 3 aliphatic rings. The number of rotatable bonds is 3. The molecule has 3 aliphatic heterocycles. The van der Waals surface area contributed by atoms with E-state index in [-0.39, 0.29) is 17.0 Å². The standard InChI is InChI=1S/C26H28FN3O2/c1-31-20-8-9-23-22(15-20)28-26(24-7-4-12-30(23)24)17-25(32-18-26)10-13-29(14-11-25)16-19-5-2-3-6-21(19)27/h2-9,12,15,28H,10-11,13-14,16-18H2,1H3. The highest BCUT2D eigenvalue weighted by atomic mass is 19.1. The van der Waals surface area contributed by atoms with Crippen LogP contribution in [0.5, 0.6) is 5.75 Å². The number of hydrogen-bond acceptors (Lipinski definition) is 4. The number of hydrogen-bond donors (Lipinski definition) is 1. The highest BCUT2D eigenvalue weighted by molar-refractivity contribution is 5.69. The quantitative estimate of drug-likeness (QED) is 0.650. The molecule has 166 valence electrons. The number of benzene rings is 2. The van der Waals surface area contributed by atoms with Gasteiger partial charge in [0.2, 0.25) is 0 Å². The first kappa shape index (κ1) is 19.8. The molecule has 1 N–H and O–H groups in total. The number of methoxy groups -OCH3 is 1. The van der Waals surface area contributed by atoms with E-state index in [2.05, 4.69) is 45.2 Å². The molecule has 1 aromatic heterocycles. The molecule has 1 unspecified atom stereocenters. The maximum absolute atomic E-state index is 14.1. The van der Waals surface area contributed by atoms with Crippen LogP contribution in [0, 0.1) is 5.82 Å². The third kappa shape index (κ3) is 3.12. The molecule has 0 aliphatic carbocycles. The van der Waals surface area contributed by atoms with Gasteiger partial charge in [-0.3, -0.25) is 4.90 Å². The van der Waals surface area contributed by atoms with Crippen LogP contribution in [0.25, 0.3) is 5.69 Å². The number of piperidine rings is 1. The zero-order chi connectivity index (χ0) is 21.8. The van der Waals surface area contributed by atoms with Gasteiger partial charge in [0.05, 0.1) is 36.4 Å². The lowest BCUT2D eigenvalue weighted by Crippen LogP contribution is -2.46. The van der Waals surface area contributed by atoms with Gasteiger partial charge in [0.15, 0.2) is 0 Å². The summed E-state index contributed by atoms with van der Waals surface area (Å²) in [6, 6.07) is 17.6. The van der Waals surface area contributed by atoms with E-state index in [4.69, 9.17) is 9.47 Å². The summed E-state index contributed by atoms with van der Waals surface area (Å²) in [5, 5.41) is 3.83. The number of fused-ring (bicyclic) bond motifs is 4. The van der Waals surface area contributed by atoms with E-state index in [0.29, 0.717) is 13.2 Å². The van der Waals surface area contributed by atoms with Crippen LogP contribution in [-0.2, 0) is 16.8 Å². The third-order valence-corrected chi connectivity index (χ3v) is 7.44. The van der Waals surface area contributed by atoms with Crippen molar-refractivity contribution in [2.24, 2.45) is 0 Å². The summed E-state index contributed by atoms with van der Waals surface area (Å²) in [6.07, 6.45) is 4.96. The zero-order valence-corrected chi connectivity index (χ0v) is 18.3. The molecule has 0 amide bonds. The average molecular weight is 434 g/mol. The van der Waals surface area contributed by atoms with Crippen LogP contribution in [0.15, 0.2) is 60.8 Å². The van der Waals surface area contributed by atoms with Gasteiger partial charge in [0, 0.05) is 43.9 Å². The normalized spacial score (nSPS) is 23.7. The maximum Gasteiger partial charge on any atom is 0.127 e. The molecule has 2 spiro atoms. The lowest BCUT2D eigenvalue weighted by atomic mass is 9.79. The molecule has 1 atom stereocenters. The van der Waals surface area contributed by atoms with Crippen molar-refractivity contribution < 1.29 is 13.9 Å². The van der Waals surface area contributed by atoms with E-state index in [1.165, 1.54) is 5.69 Å². The van der Waals surface area contributed by atoms with Gasteiger partial charge in [-0.25, -0.2) is 4.39 Å². The van der Waals surface area contributed by atoms with Crippen molar-refractivity contribution in [2.45, 2.75) is 36.9 Å². The number of ether oxygens (including phenoxy) is 2. The fourth-order valence-electron chi connectivity index (χ4n) is 5.74. The highest BCUT2D eigenvalue weighted by Crippen LogP contribution is 2.50. The molecule has 2 fully saturated rings. The Morgan fingerprint density at radius 3 is 2.75 bits per heavy atom. The van der Waals surface area contributed by atoms with Gasteiger partial charge in [-0.2, -0.15) is 0 Å². The minimum atomic E-state index is -0.253. The Kier molecular flexibility index (Phi) is 4.56. The number of nitrogens with zero attached hydrogens (tertiary/aromatic N) is 2. The largest absolute Gasteiger partial charge is 0.497 e. The summed E-state index contributed by atoms with van der Waals surface area (Å²) in [7, 11) is 1.70. The summed E-state index contributed by atoms with van der Waals surface area (Å²) in [5.74, 6) is 0.724. The van der Waals surface area contributed by atoms with Crippen LogP contribution >= 0.6 is 0 Å². The fraction of sp³-hybridized carbons (Fsp3) is 0.385. The number of halogens is 1. The number of anilines is 1. The van der Waals surface area contributed by atoms with E-state index in [0.717, 1.165) is 55.0 Å². The smallest absolute Gasteiger partial charge is 0.127 e. The molecule has 0 radical (unpaired) electrons.